The maximum Gasteiger partial charge on any atom is 0.411 e. The summed E-state index contributed by atoms with van der Waals surface area (Å²) in [7, 11) is 1.03. The zero-order chi connectivity index (χ0) is 30.9. The van der Waals surface area contributed by atoms with E-state index in [9.17, 15) is 40.7 Å². The van der Waals surface area contributed by atoms with Crippen molar-refractivity contribution >= 4 is 18.2 Å². The highest BCUT2D eigenvalue weighted by molar-refractivity contribution is 5.81. The monoisotopic (exact) mass is 592 g/mol. The molecule has 0 aliphatic carbocycles. The van der Waals surface area contributed by atoms with E-state index in [4.69, 9.17) is 9.47 Å². The molecule has 0 aliphatic heterocycles. The molecule has 0 heterocycles. The van der Waals surface area contributed by atoms with Crippen molar-refractivity contribution in [3.8, 4) is 0 Å². The summed E-state index contributed by atoms with van der Waals surface area (Å²) < 4.78 is 86.5. The summed E-state index contributed by atoms with van der Waals surface area (Å²) in [5.74, 6) is -0.957. The van der Waals surface area contributed by atoms with Gasteiger partial charge in [-0.2, -0.15) is 26.3 Å². The highest BCUT2D eigenvalue weighted by Crippen LogP contribution is 2.23. The number of hydrogen-bond donors (Lipinski definition) is 2. The van der Waals surface area contributed by atoms with Gasteiger partial charge in [0, 0.05) is 12.1 Å². The molecule has 1 atom stereocenters. The highest BCUT2D eigenvalue weighted by Gasteiger charge is 2.32. The normalized spacial score (nSPS) is 12.2. The molecular formula is C27H30F6N2O6. The summed E-state index contributed by atoms with van der Waals surface area (Å²) in [4.78, 5) is 34.2. The number of allylic oxidation sites excluding steroid dienone is 2. The van der Waals surface area contributed by atoms with Gasteiger partial charge in [-0.25, -0.2) is 14.4 Å². The Morgan fingerprint density at radius 2 is 1.29 bits per heavy atom. The first-order valence-corrected chi connectivity index (χ1v) is 12.0. The lowest BCUT2D eigenvalue weighted by atomic mass is 10.1. The minimum Gasteiger partial charge on any atom is -0.467 e. The third-order valence-corrected chi connectivity index (χ3v) is 4.86. The van der Waals surface area contributed by atoms with Crippen LogP contribution in [0.15, 0.2) is 72.4 Å². The van der Waals surface area contributed by atoms with Gasteiger partial charge in [-0.05, 0) is 24.5 Å². The molecule has 0 aliphatic rings. The lowest BCUT2D eigenvalue weighted by Gasteiger charge is -2.17. The van der Waals surface area contributed by atoms with Gasteiger partial charge in [0.2, 0.25) is 0 Å². The maximum absolute atomic E-state index is 12.2. The van der Waals surface area contributed by atoms with E-state index in [0.29, 0.717) is 5.56 Å². The lowest BCUT2D eigenvalue weighted by molar-refractivity contribution is -0.148. The van der Waals surface area contributed by atoms with Crippen LogP contribution in [-0.2, 0) is 32.2 Å². The number of methoxy groups -OCH3 is 1. The number of nitrogens with one attached hydrogen (secondary N) is 2. The van der Waals surface area contributed by atoms with Crippen LogP contribution in [0, 0.1) is 0 Å². The summed E-state index contributed by atoms with van der Waals surface area (Å²) in [5.41, 5.74) is 1.62. The maximum atomic E-state index is 12.2. The number of esters is 1. The van der Waals surface area contributed by atoms with Crippen molar-refractivity contribution in [2.45, 2.75) is 57.8 Å². The number of alkyl halides is 6. The van der Waals surface area contributed by atoms with Crippen LogP contribution >= 0.6 is 0 Å². The summed E-state index contributed by atoms with van der Waals surface area (Å²) >= 11 is 0. The predicted molar refractivity (Wildman–Crippen MR) is 135 cm³/mol. The lowest BCUT2D eigenvalue weighted by Crippen LogP contribution is -2.42. The van der Waals surface area contributed by atoms with Crippen LogP contribution in [-0.4, -0.2) is 43.7 Å². The first kappa shape index (κ1) is 34.8. The predicted octanol–water partition coefficient (Wildman–Crippen LogP) is 6.57. The Morgan fingerprint density at radius 3 is 1.73 bits per heavy atom. The third kappa shape index (κ3) is 17.9. The van der Waals surface area contributed by atoms with Gasteiger partial charge in [-0.15, -0.1) is 0 Å². The number of carbonyl (C=O) groups excluding carboxylic acids is 3. The molecule has 2 rings (SSSR count). The quantitative estimate of drug-likeness (QED) is 0.184. The second kappa shape index (κ2) is 17.5. The van der Waals surface area contributed by atoms with Crippen LogP contribution < -0.4 is 10.6 Å². The van der Waals surface area contributed by atoms with Crippen molar-refractivity contribution in [2.24, 2.45) is 0 Å². The van der Waals surface area contributed by atoms with Crippen molar-refractivity contribution in [1.29, 1.82) is 0 Å². The molecule has 0 bridgehead atoms. The van der Waals surface area contributed by atoms with Crippen LogP contribution in [0.2, 0.25) is 0 Å². The van der Waals surface area contributed by atoms with Gasteiger partial charge in [0.25, 0.3) is 0 Å². The molecule has 226 valence electrons. The van der Waals surface area contributed by atoms with Crippen molar-refractivity contribution in [2.75, 3.05) is 7.11 Å². The zero-order valence-corrected chi connectivity index (χ0v) is 22.2. The smallest absolute Gasteiger partial charge is 0.411 e. The minimum absolute atomic E-state index is 0.0557. The molecule has 2 aromatic carbocycles. The Bertz CT molecular complexity index is 1110. The molecule has 0 radical (unpaired) electrons. The molecule has 0 unspecified atom stereocenters. The minimum atomic E-state index is -4.43. The van der Waals surface area contributed by atoms with Crippen LogP contribution in [0.5, 0.6) is 0 Å². The average Bonchev–Trinajstić information content (AvgIpc) is 2.92. The number of alkyl carbamates (subject to hydrolysis) is 2. The van der Waals surface area contributed by atoms with Gasteiger partial charge in [-0.3, -0.25) is 5.32 Å². The molecule has 2 aromatic rings. The first-order chi connectivity index (χ1) is 19.2. The van der Waals surface area contributed by atoms with Crippen molar-refractivity contribution in [3.05, 3.63) is 83.6 Å². The molecule has 14 heteroatoms. The van der Waals surface area contributed by atoms with E-state index < -0.39 is 55.8 Å². The third-order valence-electron chi connectivity index (χ3n) is 4.86. The van der Waals surface area contributed by atoms with E-state index in [-0.39, 0.29) is 18.9 Å². The largest absolute Gasteiger partial charge is 0.467 e. The Morgan fingerprint density at radius 1 is 0.805 bits per heavy atom. The van der Waals surface area contributed by atoms with Crippen LogP contribution in [0.4, 0.5) is 35.9 Å². The van der Waals surface area contributed by atoms with Crippen molar-refractivity contribution < 1.29 is 54.9 Å². The Kier molecular flexibility index (Phi) is 14.8. The molecule has 0 fully saturated rings. The Labute approximate surface area is 232 Å². The van der Waals surface area contributed by atoms with Gasteiger partial charge >= 0.3 is 30.5 Å². The molecular weight excluding hydrogens is 562 g/mol. The summed E-state index contributed by atoms with van der Waals surface area (Å²) in [6.45, 7) is 1.38. The number of ether oxygens (including phenoxy) is 3. The van der Waals surface area contributed by atoms with E-state index in [0.717, 1.165) is 18.7 Å². The molecule has 8 nitrogen and oxygen atoms in total. The van der Waals surface area contributed by atoms with Gasteiger partial charge in [0.15, 0.2) is 0 Å². The highest BCUT2D eigenvalue weighted by atomic mass is 19.4. The first-order valence-electron chi connectivity index (χ1n) is 12.0. The number of benzene rings is 2. The van der Waals surface area contributed by atoms with Crippen LogP contribution in [0.3, 0.4) is 0 Å². The molecule has 0 saturated heterocycles. The second-order valence-electron chi connectivity index (χ2n) is 8.33. The van der Waals surface area contributed by atoms with E-state index in [1.54, 1.807) is 54.6 Å². The van der Waals surface area contributed by atoms with E-state index in [2.05, 4.69) is 15.4 Å². The SMILES string of the molecule is CC(=CCC(F)(F)F)NC(=O)OCc1ccccc1.COC(=O)[C@H](CCC(F)(F)F)NC(=O)OCc1ccccc1. The van der Waals surface area contributed by atoms with Crippen molar-refractivity contribution in [3.63, 3.8) is 0 Å². The molecule has 0 aromatic heterocycles. The fourth-order valence-electron chi connectivity index (χ4n) is 2.85. The van der Waals surface area contributed by atoms with Gasteiger partial charge in [0.05, 0.1) is 13.5 Å². The summed E-state index contributed by atoms with van der Waals surface area (Å²) in [6.07, 6.45) is -12.5. The summed E-state index contributed by atoms with van der Waals surface area (Å²) in [6, 6.07) is 16.3. The Balaban J connectivity index is 0.000000414. The topological polar surface area (TPSA) is 103 Å². The fourth-order valence-corrected chi connectivity index (χ4v) is 2.85. The van der Waals surface area contributed by atoms with Gasteiger partial charge in [0.1, 0.15) is 19.3 Å². The average molecular weight is 593 g/mol. The van der Waals surface area contributed by atoms with Crippen LogP contribution in [0.1, 0.15) is 37.3 Å². The van der Waals surface area contributed by atoms with E-state index in [1.165, 1.54) is 6.92 Å². The number of carbonyl (C=O) groups is 3. The standard InChI is InChI=1S/C14H16F3NO4.C13H14F3NO2/c1-21-12(19)11(7-8-14(15,16)17)18-13(20)22-9-10-5-3-2-4-6-10;1-10(7-8-13(14,15)16)17-12(18)19-9-11-5-3-2-4-6-11/h2-6,11H,7-9H2,1H3,(H,18,20);2-7H,8-9H2,1H3,(H,17,18)/t11-;/m0./s1. The molecule has 2 amide bonds. The zero-order valence-electron chi connectivity index (χ0n) is 22.2. The van der Waals surface area contributed by atoms with Crippen LogP contribution in [0.25, 0.3) is 0 Å². The van der Waals surface area contributed by atoms with E-state index in [1.807, 2.05) is 6.07 Å². The van der Waals surface area contributed by atoms with Gasteiger partial charge < -0.3 is 19.5 Å². The Hall–Kier alpha value is -4.23. The number of rotatable bonds is 10. The number of hydrogen-bond acceptors (Lipinski definition) is 6. The molecule has 0 saturated carbocycles. The molecule has 0 spiro atoms. The molecule has 41 heavy (non-hydrogen) atoms. The van der Waals surface area contributed by atoms with Gasteiger partial charge in [-0.1, -0.05) is 66.7 Å². The summed E-state index contributed by atoms with van der Waals surface area (Å²) in [5, 5.41) is 4.30. The number of halogens is 6. The molecule has 2 N–H and O–H groups in total. The van der Waals surface area contributed by atoms with Crippen molar-refractivity contribution in [1.82, 2.24) is 10.6 Å². The second-order valence-corrected chi connectivity index (χ2v) is 8.33. The number of amides is 2. The fraction of sp³-hybridized carbons (Fsp3) is 0.370. The van der Waals surface area contributed by atoms with E-state index >= 15 is 0 Å².